The van der Waals surface area contributed by atoms with Gasteiger partial charge in [0.25, 0.3) is 0 Å². The SMILES string of the molecule is CCC(C)CN(CC)c1cc(N)nc(C)n1. The van der Waals surface area contributed by atoms with E-state index in [0.29, 0.717) is 11.7 Å². The van der Waals surface area contributed by atoms with E-state index in [1.807, 2.05) is 13.0 Å². The summed E-state index contributed by atoms with van der Waals surface area (Å²) < 4.78 is 0. The summed E-state index contributed by atoms with van der Waals surface area (Å²) in [5.41, 5.74) is 5.74. The largest absolute Gasteiger partial charge is 0.384 e. The van der Waals surface area contributed by atoms with Gasteiger partial charge in [0.1, 0.15) is 17.5 Å². The molecule has 0 aliphatic rings. The van der Waals surface area contributed by atoms with Crippen LogP contribution in [0, 0.1) is 12.8 Å². The third kappa shape index (κ3) is 3.36. The molecule has 16 heavy (non-hydrogen) atoms. The maximum atomic E-state index is 5.74. The molecule has 4 heteroatoms. The molecule has 0 aromatic carbocycles. The Morgan fingerprint density at radius 2 is 2.06 bits per heavy atom. The van der Waals surface area contributed by atoms with E-state index in [9.17, 15) is 0 Å². The lowest BCUT2D eigenvalue weighted by Crippen LogP contribution is -2.29. The minimum atomic E-state index is 0.546. The Morgan fingerprint density at radius 1 is 1.38 bits per heavy atom. The zero-order valence-electron chi connectivity index (χ0n) is 10.7. The summed E-state index contributed by atoms with van der Waals surface area (Å²) in [5.74, 6) is 2.88. The first-order chi connectivity index (χ1) is 7.56. The molecule has 1 unspecified atom stereocenters. The van der Waals surface area contributed by atoms with Crippen LogP contribution in [0.15, 0.2) is 6.07 Å². The van der Waals surface area contributed by atoms with E-state index in [1.54, 1.807) is 0 Å². The third-order valence-electron chi connectivity index (χ3n) is 2.78. The van der Waals surface area contributed by atoms with Gasteiger partial charge >= 0.3 is 0 Å². The molecule has 1 atom stereocenters. The lowest BCUT2D eigenvalue weighted by molar-refractivity contribution is 0.545. The molecule has 1 aromatic heterocycles. The molecule has 0 spiro atoms. The van der Waals surface area contributed by atoms with Crippen molar-refractivity contribution in [2.24, 2.45) is 5.92 Å². The Balaban J connectivity index is 2.86. The van der Waals surface area contributed by atoms with Crippen molar-refractivity contribution in [2.45, 2.75) is 34.1 Å². The van der Waals surface area contributed by atoms with Crippen molar-refractivity contribution in [3.63, 3.8) is 0 Å². The fourth-order valence-electron chi connectivity index (χ4n) is 1.63. The molecule has 90 valence electrons. The zero-order valence-corrected chi connectivity index (χ0v) is 10.7. The van der Waals surface area contributed by atoms with Gasteiger partial charge in [0, 0.05) is 19.2 Å². The van der Waals surface area contributed by atoms with Gasteiger partial charge < -0.3 is 10.6 Å². The Morgan fingerprint density at radius 3 is 2.56 bits per heavy atom. The smallest absolute Gasteiger partial charge is 0.134 e. The number of nitrogens with two attached hydrogens (primary N) is 1. The highest BCUT2D eigenvalue weighted by molar-refractivity contribution is 5.46. The highest BCUT2D eigenvalue weighted by atomic mass is 15.2. The fraction of sp³-hybridized carbons (Fsp3) is 0.667. The van der Waals surface area contributed by atoms with Crippen LogP contribution in [0.2, 0.25) is 0 Å². The average Bonchev–Trinajstić information content (AvgIpc) is 2.24. The molecule has 1 heterocycles. The van der Waals surface area contributed by atoms with Crippen molar-refractivity contribution in [1.29, 1.82) is 0 Å². The maximum Gasteiger partial charge on any atom is 0.134 e. The molecule has 0 radical (unpaired) electrons. The zero-order chi connectivity index (χ0) is 12.1. The normalized spacial score (nSPS) is 12.5. The van der Waals surface area contributed by atoms with Crippen molar-refractivity contribution in [1.82, 2.24) is 9.97 Å². The Labute approximate surface area is 97.9 Å². The van der Waals surface area contributed by atoms with Crippen molar-refractivity contribution in [3.8, 4) is 0 Å². The summed E-state index contributed by atoms with van der Waals surface area (Å²) >= 11 is 0. The quantitative estimate of drug-likeness (QED) is 0.830. The van der Waals surface area contributed by atoms with E-state index >= 15 is 0 Å². The molecular formula is C12H22N4. The first-order valence-corrected chi connectivity index (χ1v) is 5.92. The van der Waals surface area contributed by atoms with Crippen LogP contribution in [-0.2, 0) is 0 Å². The lowest BCUT2D eigenvalue weighted by Gasteiger charge is -2.25. The summed E-state index contributed by atoms with van der Waals surface area (Å²) in [6, 6.07) is 1.85. The molecule has 0 saturated carbocycles. The van der Waals surface area contributed by atoms with Crippen molar-refractivity contribution >= 4 is 11.6 Å². The van der Waals surface area contributed by atoms with Gasteiger partial charge in [-0.3, -0.25) is 0 Å². The molecule has 2 N–H and O–H groups in total. The fourth-order valence-corrected chi connectivity index (χ4v) is 1.63. The monoisotopic (exact) mass is 222 g/mol. The molecular weight excluding hydrogens is 200 g/mol. The topological polar surface area (TPSA) is 55.0 Å². The van der Waals surface area contributed by atoms with Gasteiger partial charge in [0.05, 0.1) is 0 Å². The van der Waals surface area contributed by atoms with Crippen molar-refractivity contribution < 1.29 is 0 Å². The highest BCUT2D eigenvalue weighted by Crippen LogP contribution is 2.16. The molecule has 0 amide bonds. The summed E-state index contributed by atoms with van der Waals surface area (Å²) in [7, 11) is 0. The van der Waals surface area contributed by atoms with Crippen LogP contribution in [0.4, 0.5) is 11.6 Å². The van der Waals surface area contributed by atoms with Gasteiger partial charge in [0.2, 0.25) is 0 Å². The number of rotatable bonds is 5. The highest BCUT2D eigenvalue weighted by Gasteiger charge is 2.10. The Kier molecular flexibility index (Phi) is 4.52. The molecule has 0 aliphatic carbocycles. The molecule has 4 nitrogen and oxygen atoms in total. The summed E-state index contributed by atoms with van der Waals surface area (Å²) in [6.07, 6.45) is 1.18. The van der Waals surface area contributed by atoms with Gasteiger partial charge in [-0.15, -0.1) is 0 Å². The number of anilines is 2. The van der Waals surface area contributed by atoms with E-state index in [0.717, 1.165) is 24.7 Å². The second kappa shape index (κ2) is 5.68. The Bertz CT molecular complexity index is 318. The predicted octanol–water partition coefficient (Wildman–Crippen LogP) is 2.24. The molecule has 0 saturated heterocycles. The molecule has 1 aromatic rings. The summed E-state index contributed by atoms with van der Waals surface area (Å²) in [4.78, 5) is 10.8. The number of nitrogen functional groups attached to an aromatic ring is 1. The Hall–Kier alpha value is -1.32. The third-order valence-corrected chi connectivity index (χ3v) is 2.78. The van der Waals surface area contributed by atoms with Crippen LogP contribution >= 0.6 is 0 Å². The van der Waals surface area contributed by atoms with E-state index in [-0.39, 0.29) is 0 Å². The van der Waals surface area contributed by atoms with E-state index in [1.165, 1.54) is 6.42 Å². The van der Waals surface area contributed by atoms with Gasteiger partial charge in [-0.2, -0.15) is 0 Å². The van der Waals surface area contributed by atoms with E-state index < -0.39 is 0 Å². The lowest BCUT2D eigenvalue weighted by atomic mass is 10.1. The molecule has 1 rings (SSSR count). The van der Waals surface area contributed by atoms with Crippen LogP contribution in [0.1, 0.15) is 33.0 Å². The number of hydrogen-bond donors (Lipinski definition) is 1. The van der Waals surface area contributed by atoms with Crippen LogP contribution in [0.5, 0.6) is 0 Å². The standard InChI is InChI=1S/C12H22N4/c1-5-9(3)8-16(6-2)12-7-11(13)14-10(4)15-12/h7,9H,5-6,8H2,1-4H3,(H2,13,14,15). The second-order valence-electron chi connectivity index (χ2n) is 4.25. The molecule has 0 aliphatic heterocycles. The van der Waals surface area contributed by atoms with E-state index in [2.05, 4.69) is 35.6 Å². The number of aromatic nitrogens is 2. The predicted molar refractivity (Wildman–Crippen MR) is 68.5 cm³/mol. The first-order valence-electron chi connectivity index (χ1n) is 5.92. The number of aryl methyl sites for hydroxylation is 1. The van der Waals surface area contributed by atoms with Gasteiger partial charge in [-0.05, 0) is 19.8 Å². The van der Waals surface area contributed by atoms with Gasteiger partial charge in [-0.25, -0.2) is 9.97 Å². The van der Waals surface area contributed by atoms with Crippen LogP contribution < -0.4 is 10.6 Å². The molecule has 0 fully saturated rings. The number of nitrogens with zero attached hydrogens (tertiary/aromatic N) is 3. The minimum absolute atomic E-state index is 0.546. The minimum Gasteiger partial charge on any atom is -0.384 e. The first kappa shape index (κ1) is 12.7. The van der Waals surface area contributed by atoms with Crippen molar-refractivity contribution in [3.05, 3.63) is 11.9 Å². The number of hydrogen-bond acceptors (Lipinski definition) is 4. The summed E-state index contributed by atoms with van der Waals surface area (Å²) in [5, 5.41) is 0. The second-order valence-corrected chi connectivity index (χ2v) is 4.25. The molecule has 0 bridgehead atoms. The average molecular weight is 222 g/mol. The van der Waals surface area contributed by atoms with Gasteiger partial charge in [0.15, 0.2) is 0 Å². The van der Waals surface area contributed by atoms with Crippen LogP contribution in [0.3, 0.4) is 0 Å². The van der Waals surface area contributed by atoms with E-state index in [4.69, 9.17) is 5.73 Å². The van der Waals surface area contributed by atoms with Crippen molar-refractivity contribution in [2.75, 3.05) is 23.7 Å². The van der Waals surface area contributed by atoms with Crippen LogP contribution in [0.25, 0.3) is 0 Å². The van der Waals surface area contributed by atoms with Gasteiger partial charge in [-0.1, -0.05) is 20.3 Å². The summed E-state index contributed by atoms with van der Waals surface area (Å²) in [6.45, 7) is 10.4. The van der Waals surface area contributed by atoms with Crippen LogP contribution in [-0.4, -0.2) is 23.1 Å². The maximum absolute atomic E-state index is 5.74.